The van der Waals surface area contributed by atoms with Gasteiger partial charge >= 0.3 is 5.97 Å². The van der Waals surface area contributed by atoms with E-state index in [-0.39, 0.29) is 17.9 Å². The highest BCUT2D eigenvalue weighted by Gasteiger charge is 2.33. The number of nitrogens with two attached hydrogens (primary N) is 1. The molecule has 2 rings (SSSR count). The number of fused-ring (bicyclic) bond motifs is 1. The summed E-state index contributed by atoms with van der Waals surface area (Å²) in [6.07, 6.45) is 0.659. The summed E-state index contributed by atoms with van der Waals surface area (Å²) in [6.45, 7) is 0. The number of hydrogen-bond acceptors (Lipinski definition) is 3. The number of rotatable bonds is 1. The van der Waals surface area contributed by atoms with E-state index in [1.165, 1.54) is 7.11 Å². The van der Waals surface area contributed by atoms with Crippen LogP contribution in [-0.4, -0.2) is 13.1 Å². The summed E-state index contributed by atoms with van der Waals surface area (Å²) in [7, 11) is 1.41. The van der Waals surface area contributed by atoms with Crippen molar-refractivity contribution in [1.82, 2.24) is 0 Å². The van der Waals surface area contributed by atoms with Gasteiger partial charge in [-0.3, -0.25) is 4.79 Å². The van der Waals surface area contributed by atoms with Crippen molar-refractivity contribution in [3.8, 4) is 0 Å². The van der Waals surface area contributed by atoms with Crippen LogP contribution in [0.25, 0.3) is 0 Å². The second kappa shape index (κ2) is 3.42. The summed E-state index contributed by atoms with van der Waals surface area (Å²) in [4.78, 5) is 11.4. The highest BCUT2D eigenvalue weighted by Crippen LogP contribution is 2.39. The summed E-state index contributed by atoms with van der Waals surface area (Å²) in [5, 5.41) is 0. The number of benzene rings is 1. The SMILES string of the molecule is COC(=O)[C@@H]1C[C@@H](N)c2ccccc21. The van der Waals surface area contributed by atoms with Crippen molar-refractivity contribution in [2.45, 2.75) is 18.4 Å². The minimum absolute atomic E-state index is 0.0321. The Morgan fingerprint density at radius 3 is 2.71 bits per heavy atom. The Hall–Kier alpha value is -1.35. The van der Waals surface area contributed by atoms with Crippen LogP contribution in [0.1, 0.15) is 29.5 Å². The minimum Gasteiger partial charge on any atom is -0.469 e. The molecule has 14 heavy (non-hydrogen) atoms. The normalized spacial score (nSPS) is 24.4. The van der Waals surface area contributed by atoms with Gasteiger partial charge in [-0.2, -0.15) is 0 Å². The minimum atomic E-state index is -0.189. The van der Waals surface area contributed by atoms with Crippen molar-refractivity contribution in [3.63, 3.8) is 0 Å². The Balaban J connectivity index is 2.39. The molecular formula is C11H13NO2. The van der Waals surface area contributed by atoms with Gasteiger partial charge in [-0.1, -0.05) is 24.3 Å². The van der Waals surface area contributed by atoms with Gasteiger partial charge in [-0.25, -0.2) is 0 Å². The van der Waals surface area contributed by atoms with Gasteiger partial charge in [0.2, 0.25) is 0 Å². The molecule has 2 atom stereocenters. The van der Waals surface area contributed by atoms with Crippen LogP contribution in [0.3, 0.4) is 0 Å². The lowest BCUT2D eigenvalue weighted by Crippen LogP contribution is -2.12. The molecule has 2 N–H and O–H groups in total. The predicted octanol–water partition coefficient (Wildman–Crippen LogP) is 1.35. The smallest absolute Gasteiger partial charge is 0.313 e. The average molecular weight is 191 g/mol. The molecule has 0 saturated heterocycles. The lowest BCUT2D eigenvalue weighted by molar-refractivity contribution is -0.142. The molecule has 0 unspecified atom stereocenters. The quantitative estimate of drug-likeness (QED) is 0.681. The number of esters is 1. The molecule has 0 amide bonds. The van der Waals surface area contributed by atoms with Crippen LogP contribution >= 0.6 is 0 Å². The van der Waals surface area contributed by atoms with Gasteiger partial charge in [0.15, 0.2) is 0 Å². The molecule has 74 valence electrons. The maximum absolute atomic E-state index is 11.4. The first-order valence-electron chi connectivity index (χ1n) is 4.66. The largest absolute Gasteiger partial charge is 0.469 e. The van der Waals surface area contributed by atoms with Gasteiger partial charge in [0, 0.05) is 6.04 Å². The van der Waals surface area contributed by atoms with Gasteiger partial charge in [-0.15, -0.1) is 0 Å². The number of carbonyl (C=O) groups is 1. The van der Waals surface area contributed by atoms with Gasteiger partial charge < -0.3 is 10.5 Å². The summed E-state index contributed by atoms with van der Waals surface area (Å²) in [6, 6.07) is 7.76. The van der Waals surface area contributed by atoms with Crippen molar-refractivity contribution in [2.24, 2.45) is 5.73 Å². The third-order valence-corrected chi connectivity index (χ3v) is 2.75. The van der Waals surface area contributed by atoms with Crippen LogP contribution in [0, 0.1) is 0 Å². The molecule has 0 saturated carbocycles. The molecule has 3 heteroatoms. The first kappa shape index (κ1) is 9.21. The molecular weight excluding hydrogens is 178 g/mol. The maximum atomic E-state index is 11.4. The number of hydrogen-bond donors (Lipinski definition) is 1. The Morgan fingerprint density at radius 1 is 1.43 bits per heavy atom. The van der Waals surface area contributed by atoms with Crippen LogP contribution in [0.15, 0.2) is 24.3 Å². The van der Waals surface area contributed by atoms with E-state index >= 15 is 0 Å². The molecule has 1 aliphatic carbocycles. The molecule has 0 heterocycles. The van der Waals surface area contributed by atoms with Crippen molar-refractivity contribution in [1.29, 1.82) is 0 Å². The topological polar surface area (TPSA) is 52.3 Å². The lowest BCUT2D eigenvalue weighted by atomic mass is 10.0. The highest BCUT2D eigenvalue weighted by molar-refractivity contribution is 5.80. The van der Waals surface area contributed by atoms with Gasteiger partial charge in [0.25, 0.3) is 0 Å². The fraction of sp³-hybridized carbons (Fsp3) is 0.364. The Bertz CT molecular complexity index is 362. The standard InChI is InChI=1S/C11H13NO2/c1-14-11(13)9-6-10(12)8-5-3-2-4-7(8)9/h2-5,9-10H,6,12H2,1H3/t9-,10-/m1/s1. The average Bonchev–Trinajstić information content (AvgIpc) is 2.56. The van der Waals surface area contributed by atoms with Crippen molar-refractivity contribution in [3.05, 3.63) is 35.4 Å². The van der Waals surface area contributed by atoms with E-state index < -0.39 is 0 Å². The summed E-state index contributed by atoms with van der Waals surface area (Å²) in [5.41, 5.74) is 8.01. The fourth-order valence-electron chi connectivity index (χ4n) is 2.04. The second-order valence-corrected chi connectivity index (χ2v) is 3.55. The first-order valence-corrected chi connectivity index (χ1v) is 4.66. The Labute approximate surface area is 82.9 Å². The zero-order valence-electron chi connectivity index (χ0n) is 8.07. The lowest BCUT2D eigenvalue weighted by Gasteiger charge is -2.07. The monoisotopic (exact) mass is 191 g/mol. The van der Waals surface area contributed by atoms with E-state index in [1.807, 2.05) is 24.3 Å². The summed E-state index contributed by atoms with van der Waals surface area (Å²) >= 11 is 0. The molecule has 1 aromatic rings. The zero-order valence-corrected chi connectivity index (χ0v) is 8.07. The molecule has 0 bridgehead atoms. The fourth-order valence-corrected chi connectivity index (χ4v) is 2.04. The van der Waals surface area contributed by atoms with E-state index in [1.54, 1.807) is 0 Å². The molecule has 1 aromatic carbocycles. The van der Waals surface area contributed by atoms with Gasteiger partial charge in [0.05, 0.1) is 13.0 Å². The summed E-state index contributed by atoms with van der Waals surface area (Å²) in [5.74, 6) is -0.364. The second-order valence-electron chi connectivity index (χ2n) is 3.55. The molecule has 1 aliphatic rings. The highest BCUT2D eigenvalue weighted by atomic mass is 16.5. The zero-order chi connectivity index (χ0) is 10.1. The van der Waals surface area contributed by atoms with Crippen molar-refractivity contribution in [2.75, 3.05) is 7.11 Å². The molecule has 0 spiro atoms. The Kier molecular flexibility index (Phi) is 2.25. The Morgan fingerprint density at radius 2 is 2.07 bits per heavy atom. The maximum Gasteiger partial charge on any atom is 0.313 e. The number of methoxy groups -OCH3 is 1. The molecule has 0 aromatic heterocycles. The van der Waals surface area contributed by atoms with E-state index in [9.17, 15) is 4.79 Å². The number of carbonyl (C=O) groups excluding carboxylic acids is 1. The van der Waals surface area contributed by atoms with Gasteiger partial charge in [0.1, 0.15) is 0 Å². The van der Waals surface area contributed by atoms with E-state index in [2.05, 4.69) is 0 Å². The van der Waals surface area contributed by atoms with Gasteiger partial charge in [-0.05, 0) is 17.5 Å². The van der Waals surface area contributed by atoms with Crippen LogP contribution in [0.5, 0.6) is 0 Å². The third-order valence-electron chi connectivity index (χ3n) is 2.75. The molecule has 0 aliphatic heterocycles. The van der Waals surface area contributed by atoms with Crippen LogP contribution < -0.4 is 5.73 Å². The molecule has 0 radical (unpaired) electrons. The first-order chi connectivity index (χ1) is 6.74. The van der Waals surface area contributed by atoms with Crippen molar-refractivity contribution >= 4 is 5.97 Å². The predicted molar refractivity (Wildman–Crippen MR) is 52.7 cm³/mol. The summed E-state index contributed by atoms with van der Waals surface area (Å²) < 4.78 is 4.74. The van der Waals surface area contributed by atoms with E-state index in [4.69, 9.17) is 10.5 Å². The molecule has 0 fully saturated rings. The van der Waals surface area contributed by atoms with E-state index in [0.717, 1.165) is 11.1 Å². The van der Waals surface area contributed by atoms with Crippen molar-refractivity contribution < 1.29 is 9.53 Å². The third kappa shape index (κ3) is 1.30. The van der Waals surface area contributed by atoms with E-state index in [0.29, 0.717) is 6.42 Å². The number of ether oxygens (including phenoxy) is 1. The molecule has 3 nitrogen and oxygen atoms in total. The van der Waals surface area contributed by atoms with Crippen LogP contribution in [-0.2, 0) is 9.53 Å². The van der Waals surface area contributed by atoms with Crippen LogP contribution in [0.4, 0.5) is 0 Å². The van der Waals surface area contributed by atoms with Crippen LogP contribution in [0.2, 0.25) is 0 Å².